The van der Waals surface area contributed by atoms with Gasteiger partial charge in [-0.25, -0.2) is 9.78 Å². The number of ether oxygens (including phenoxy) is 1. The van der Waals surface area contributed by atoms with Crippen molar-refractivity contribution < 1.29 is 9.53 Å². The number of hydrogen-bond donors (Lipinski definition) is 1. The number of allylic oxidation sites excluding steroid dienone is 1. The average molecular weight is 413 g/mol. The summed E-state index contributed by atoms with van der Waals surface area (Å²) in [5.41, 5.74) is 0.613. The molecule has 29 heavy (non-hydrogen) atoms. The van der Waals surface area contributed by atoms with Crippen molar-refractivity contribution in [2.75, 3.05) is 0 Å². The molecule has 6 nitrogen and oxygen atoms in total. The Morgan fingerprint density at radius 3 is 2.69 bits per heavy atom. The first-order valence-corrected chi connectivity index (χ1v) is 10.8. The fourth-order valence-corrected chi connectivity index (χ4v) is 4.27. The molecule has 0 radical (unpaired) electrons. The molecular formula is C22H28N4O2S. The van der Waals surface area contributed by atoms with Crippen LogP contribution in [-0.2, 0) is 10.3 Å². The minimum atomic E-state index is -0.720. The molecule has 0 spiro atoms. The van der Waals surface area contributed by atoms with Gasteiger partial charge in [-0.2, -0.15) is 0 Å². The van der Waals surface area contributed by atoms with Gasteiger partial charge in [0, 0.05) is 29.6 Å². The summed E-state index contributed by atoms with van der Waals surface area (Å²) in [6.45, 7) is 7.71. The number of thiazole rings is 1. The van der Waals surface area contributed by atoms with Crippen molar-refractivity contribution in [2.24, 2.45) is 4.99 Å². The van der Waals surface area contributed by atoms with Crippen LogP contribution in [0.25, 0.3) is 11.3 Å². The van der Waals surface area contributed by atoms with Crippen LogP contribution in [0.1, 0.15) is 52.0 Å². The number of nitrogens with zero attached hydrogens (tertiary/aromatic N) is 3. The molecule has 1 N–H and O–H groups in total. The van der Waals surface area contributed by atoms with Crippen molar-refractivity contribution in [1.29, 1.82) is 0 Å². The zero-order valence-electron chi connectivity index (χ0n) is 17.4. The number of nitrogens with one attached hydrogen (secondary N) is 1. The van der Waals surface area contributed by atoms with Crippen LogP contribution >= 0.6 is 11.3 Å². The minimum absolute atomic E-state index is 0.247. The SMILES string of the molecule is CCCCC(NC(=O)OC(C)(C)C)C1(c2nc(-c3ccncc3)cs2)C=CC=N1. The fourth-order valence-electron chi connectivity index (χ4n) is 3.25. The van der Waals surface area contributed by atoms with Crippen molar-refractivity contribution in [1.82, 2.24) is 15.3 Å². The molecule has 1 amide bonds. The third kappa shape index (κ3) is 5.09. The lowest BCUT2D eigenvalue weighted by Crippen LogP contribution is -2.49. The van der Waals surface area contributed by atoms with Crippen LogP contribution < -0.4 is 5.32 Å². The van der Waals surface area contributed by atoms with E-state index in [0.717, 1.165) is 35.5 Å². The quantitative estimate of drug-likeness (QED) is 0.684. The Hall–Kier alpha value is -2.54. The summed E-state index contributed by atoms with van der Waals surface area (Å²) in [4.78, 5) is 26.3. The Labute approximate surface area is 176 Å². The predicted octanol–water partition coefficient (Wildman–Crippen LogP) is 5.12. The highest BCUT2D eigenvalue weighted by atomic mass is 32.1. The highest BCUT2D eigenvalue weighted by Gasteiger charge is 2.43. The molecule has 0 saturated heterocycles. The predicted molar refractivity (Wildman–Crippen MR) is 117 cm³/mol. The number of unbranched alkanes of at least 4 members (excludes halogenated alkanes) is 1. The highest BCUT2D eigenvalue weighted by molar-refractivity contribution is 7.10. The molecule has 0 aromatic carbocycles. The van der Waals surface area contributed by atoms with Crippen LogP contribution in [0.15, 0.2) is 47.1 Å². The number of carbonyl (C=O) groups excluding carboxylic acids is 1. The summed E-state index contributed by atoms with van der Waals surface area (Å²) >= 11 is 1.55. The number of carbonyl (C=O) groups is 1. The molecule has 2 unspecified atom stereocenters. The third-order valence-electron chi connectivity index (χ3n) is 4.62. The van der Waals surface area contributed by atoms with E-state index in [1.165, 1.54) is 0 Å². The van der Waals surface area contributed by atoms with E-state index >= 15 is 0 Å². The molecule has 0 aliphatic carbocycles. The first kappa shape index (κ1) is 21.2. The summed E-state index contributed by atoms with van der Waals surface area (Å²) in [5.74, 6) is 0. The van der Waals surface area contributed by atoms with Gasteiger partial charge in [-0.05, 0) is 51.5 Å². The van der Waals surface area contributed by atoms with Crippen LogP contribution in [-0.4, -0.2) is 33.9 Å². The van der Waals surface area contributed by atoms with Crippen molar-refractivity contribution in [3.05, 3.63) is 47.1 Å². The minimum Gasteiger partial charge on any atom is -0.444 e. The maximum Gasteiger partial charge on any atom is 0.407 e. The molecule has 0 bridgehead atoms. The zero-order chi connectivity index (χ0) is 20.9. The second-order valence-electron chi connectivity index (χ2n) is 8.08. The third-order valence-corrected chi connectivity index (χ3v) is 5.60. The van der Waals surface area contributed by atoms with Crippen LogP contribution in [0.4, 0.5) is 4.79 Å². The second kappa shape index (κ2) is 8.86. The number of aromatic nitrogens is 2. The lowest BCUT2D eigenvalue weighted by Gasteiger charge is -2.33. The molecule has 2 aromatic heterocycles. The summed E-state index contributed by atoms with van der Waals surface area (Å²) in [6.07, 6.45) is 11.6. The van der Waals surface area contributed by atoms with Gasteiger partial charge in [-0.15, -0.1) is 11.3 Å². The average Bonchev–Trinajstić information content (AvgIpc) is 3.34. The lowest BCUT2D eigenvalue weighted by molar-refractivity contribution is 0.0481. The van der Waals surface area contributed by atoms with Crippen LogP contribution in [0.3, 0.4) is 0 Å². The standard InChI is InChI=1S/C22H28N4O2S/c1-5-6-8-18(26-20(27)28-21(2,3)4)22(11-7-12-24-22)19-25-17(15-29-19)16-9-13-23-14-10-16/h7,9-15,18H,5-6,8H2,1-4H3,(H,26,27). The summed E-state index contributed by atoms with van der Waals surface area (Å²) < 4.78 is 5.51. The Morgan fingerprint density at radius 2 is 2.07 bits per heavy atom. The van der Waals surface area contributed by atoms with Crippen molar-refractivity contribution >= 4 is 23.6 Å². The first-order valence-electron chi connectivity index (χ1n) is 9.93. The molecule has 154 valence electrons. The lowest BCUT2D eigenvalue weighted by atomic mass is 9.88. The molecule has 3 heterocycles. The molecule has 3 rings (SSSR count). The fraction of sp³-hybridized carbons (Fsp3) is 0.455. The van der Waals surface area contributed by atoms with E-state index in [4.69, 9.17) is 14.7 Å². The monoisotopic (exact) mass is 412 g/mol. The van der Waals surface area contributed by atoms with E-state index < -0.39 is 17.2 Å². The van der Waals surface area contributed by atoms with Crippen molar-refractivity contribution in [3.8, 4) is 11.3 Å². The topological polar surface area (TPSA) is 76.5 Å². The van der Waals surface area contributed by atoms with Gasteiger partial charge in [-0.1, -0.05) is 19.8 Å². The molecule has 7 heteroatoms. The maximum atomic E-state index is 12.6. The van der Waals surface area contributed by atoms with Crippen molar-refractivity contribution in [2.45, 2.75) is 64.1 Å². The van der Waals surface area contributed by atoms with Gasteiger partial charge in [0.05, 0.1) is 11.7 Å². The van der Waals surface area contributed by atoms with Gasteiger partial charge in [0.2, 0.25) is 0 Å². The van der Waals surface area contributed by atoms with E-state index in [9.17, 15) is 4.79 Å². The number of hydrogen-bond acceptors (Lipinski definition) is 6. The molecule has 0 fully saturated rings. The normalized spacial score (nSPS) is 19.3. The Kier molecular flexibility index (Phi) is 6.47. The van der Waals surface area contributed by atoms with Crippen LogP contribution in [0.5, 0.6) is 0 Å². The van der Waals surface area contributed by atoms with Crippen LogP contribution in [0, 0.1) is 0 Å². The van der Waals surface area contributed by atoms with E-state index in [-0.39, 0.29) is 6.04 Å². The Morgan fingerprint density at radius 1 is 1.31 bits per heavy atom. The van der Waals surface area contributed by atoms with E-state index in [1.807, 2.05) is 50.4 Å². The van der Waals surface area contributed by atoms with E-state index in [0.29, 0.717) is 0 Å². The van der Waals surface area contributed by atoms with E-state index in [1.54, 1.807) is 29.9 Å². The van der Waals surface area contributed by atoms with Gasteiger partial charge in [-0.3, -0.25) is 9.98 Å². The van der Waals surface area contributed by atoms with Crippen molar-refractivity contribution in [3.63, 3.8) is 0 Å². The molecule has 2 atom stereocenters. The second-order valence-corrected chi connectivity index (χ2v) is 8.94. The molecule has 0 saturated carbocycles. The molecule has 1 aliphatic heterocycles. The van der Waals surface area contributed by atoms with Crippen LogP contribution in [0.2, 0.25) is 0 Å². The largest absolute Gasteiger partial charge is 0.444 e. The maximum absolute atomic E-state index is 12.6. The van der Waals surface area contributed by atoms with Gasteiger partial charge >= 0.3 is 6.09 Å². The van der Waals surface area contributed by atoms with Gasteiger partial charge in [0.15, 0.2) is 5.54 Å². The summed E-state index contributed by atoms with van der Waals surface area (Å²) in [5, 5.41) is 5.95. The number of amides is 1. The molecule has 1 aliphatic rings. The van der Waals surface area contributed by atoms with Gasteiger partial charge in [0.1, 0.15) is 10.6 Å². The Bertz CT molecular complexity index is 872. The Balaban J connectivity index is 1.92. The summed E-state index contributed by atoms with van der Waals surface area (Å²) in [7, 11) is 0. The molecule has 2 aromatic rings. The zero-order valence-corrected chi connectivity index (χ0v) is 18.2. The first-order chi connectivity index (χ1) is 13.8. The smallest absolute Gasteiger partial charge is 0.407 e. The number of rotatable bonds is 7. The van der Waals surface area contributed by atoms with E-state index in [2.05, 4.69) is 17.2 Å². The highest BCUT2D eigenvalue weighted by Crippen LogP contribution is 2.39. The molecular weight excluding hydrogens is 384 g/mol. The summed E-state index contributed by atoms with van der Waals surface area (Å²) in [6, 6.07) is 3.63. The number of pyridine rings is 1. The van der Waals surface area contributed by atoms with Gasteiger partial charge in [0.25, 0.3) is 0 Å². The number of aliphatic imine (C=N–C) groups is 1. The number of alkyl carbamates (subject to hydrolysis) is 1. The van der Waals surface area contributed by atoms with Gasteiger partial charge < -0.3 is 10.1 Å².